The first-order valence-corrected chi connectivity index (χ1v) is 7.16. The van der Waals surface area contributed by atoms with Gasteiger partial charge in [0.1, 0.15) is 5.75 Å². The second kappa shape index (κ2) is 6.39. The van der Waals surface area contributed by atoms with Gasteiger partial charge in [0.2, 0.25) is 0 Å². The van der Waals surface area contributed by atoms with Gasteiger partial charge in [-0.15, -0.1) is 0 Å². The molecule has 4 nitrogen and oxygen atoms in total. The molecule has 1 aromatic carbocycles. The number of carbonyl (C=O) groups is 1. The molecular formula is C14H18BrNO3. The first-order valence-electron chi connectivity index (χ1n) is 6.37. The second-order valence-electron chi connectivity index (χ2n) is 4.61. The molecule has 1 aliphatic heterocycles. The molecule has 0 N–H and O–H groups in total. The number of ether oxygens (including phenoxy) is 2. The van der Waals surface area contributed by atoms with Crippen molar-refractivity contribution in [1.29, 1.82) is 0 Å². The van der Waals surface area contributed by atoms with Crippen LogP contribution in [-0.4, -0.2) is 43.2 Å². The number of morpholine rings is 1. The number of rotatable bonds is 3. The first-order chi connectivity index (χ1) is 9.08. The molecule has 1 saturated heterocycles. The molecule has 1 aromatic rings. The van der Waals surface area contributed by atoms with E-state index in [9.17, 15) is 4.79 Å². The molecule has 0 aliphatic carbocycles. The predicted octanol–water partition coefficient (Wildman–Crippen LogP) is 2.38. The van der Waals surface area contributed by atoms with Crippen molar-refractivity contribution in [3.63, 3.8) is 0 Å². The zero-order chi connectivity index (χ0) is 13.8. The Balaban J connectivity index is 1.99. The smallest absolute Gasteiger partial charge is 0.263 e. The number of hydrogen-bond acceptors (Lipinski definition) is 3. The summed E-state index contributed by atoms with van der Waals surface area (Å²) in [5.41, 5.74) is 1.01. The number of benzene rings is 1. The van der Waals surface area contributed by atoms with Gasteiger partial charge in [-0.3, -0.25) is 4.79 Å². The maximum Gasteiger partial charge on any atom is 0.263 e. The van der Waals surface area contributed by atoms with Gasteiger partial charge in [0, 0.05) is 17.6 Å². The van der Waals surface area contributed by atoms with E-state index >= 15 is 0 Å². The van der Waals surface area contributed by atoms with Crippen molar-refractivity contribution in [2.45, 2.75) is 20.0 Å². The molecule has 0 aromatic heterocycles. The molecular weight excluding hydrogens is 310 g/mol. The fourth-order valence-electron chi connectivity index (χ4n) is 2.03. The highest BCUT2D eigenvalue weighted by atomic mass is 79.9. The van der Waals surface area contributed by atoms with Crippen LogP contribution in [-0.2, 0) is 9.53 Å². The molecule has 1 aliphatic rings. The van der Waals surface area contributed by atoms with Crippen LogP contribution in [0.5, 0.6) is 5.75 Å². The molecule has 1 heterocycles. The third-order valence-electron chi connectivity index (χ3n) is 3.11. The largest absolute Gasteiger partial charge is 0.481 e. The lowest BCUT2D eigenvalue weighted by Gasteiger charge is -2.29. The predicted molar refractivity (Wildman–Crippen MR) is 76.4 cm³/mol. The van der Waals surface area contributed by atoms with E-state index in [2.05, 4.69) is 15.9 Å². The van der Waals surface area contributed by atoms with Crippen molar-refractivity contribution in [2.24, 2.45) is 0 Å². The summed E-state index contributed by atoms with van der Waals surface area (Å²) < 4.78 is 12.0. The summed E-state index contributed by atoms with van der Waals surface area (Å²) in [5, 5.41) is 0. The van der Waals surface area contributed by atoms with Crippen molar-refractivity contribution in [1.82, 2.24) is 4.90 Å². The summed E-state index contributed by atoms with van der Waals surface area (Å²) >= 11 is 3.41. The third-order valence-corrected chi connectivity index (χ3v) is 3.60. The summed E-state index contributed by atoms with van der Waals surface area (Å²) in [6.45, 7) is 6.26. The Labute approximate surface area is 121 Å². The monoisotopic (exact) mass is 327 g/mol. The Morgan fingerprint density at radius 2 is 2.11 bits per heavy atom. The van der Waals surface area contributed by atoms with Gasteiger partial charge in [-0.2, -0.15) is 0 Å². The molecule has 2 rings (SSSR count). The van der Waals surface area contributed by atoms with E-state index in [-0.39, 0.29) is 5.91 Å². The van der Waals surface area contributed by atoms with Crippen LogP contribution in [0.4, 0.5) is 0 Å². The minimum absolute atomic E-state index is 0.0191. The average Bonchev–Trinajstić information content (AvgIpc) is 2.42. The fourth-order valence-corrected chi connectivity index (χ4v) is 2.50. The highest BCUT2D eigenvalue weighted by molar-refractivity contribution is 9.10. The first kappa shape index (κ1) is 14.3. The lowest BCUT2D eigenvalue weighted by atomic mass is 10.2. The molecule has 0 spiro atoms. The molecule has 1 unspecified atom stereocenters. The Morgan fingerprint density at radius 1 is 1.42 bits per heavy atom. The molecule has 1 atom stereocenters. The quantitative estimate of drug-likeness (QED) is 0.855. The standard InChI is InChI=1S/C14H18BrNO3/c1-10-9-12(15)3-4-13(10)19-11(2)14(17)16-5-7-18-8-6-16/h3-4,9,11H,5-8H2,1-2H3. The summed E-state index contributed by atoms with van der Waals surface area (Å²) in [6.07, 6.45) is -0.474. The highest BCUT2D eigenvalue weighted by Gasteiger charge is 2.24. The molecule has 5 heteroatoms. The highest BCUT2D eigenvalue weighted by Crippen LogP contribution is 2.23. The number of hydrogen-bond donors (Lipinski definition) is 0. The van der Waals surface area contributed by atoms with Gasteiger partial charge in [0.05, 0.1) is 13.2 Å². The zero-order valence-corrected chi connectivity index (χ0v) is 12.8. The van der Waals surface area contributed by atoms with E-state index in [1.165, 1.54) is 0 Å². The third kappa shape index (κ3) is 3.70. The van der Waals surface area contributed by atoms with Crippen LogP contribution >= 0.6 is 15.9 Å². The van der Waals surface area contributed by atoms with Gasteiger partial charge >= 0.3 is 0 Å². The summed E-state index contributed by atoms with van der Waals surface area (Å²) in [7, 11) is 0. The zero-order valence-electron chi connectivity index (χ0n) is 11.2. The number of nitrogens with zero attached hydrogens (tertiary/aromatic N) is 1. The normalized spacial score (nSPS) is 17.1. The van der Waals surface area contributed by atoms with E-state index in [1.807, 2.05) is 25.1 Å². The minimum atomic E-state index is -0.474. The fraction of sp³-hybridized carbons (Fsp3) is 0.500. The van der Waals surface area contributed by atoms with Crippen LogP contribution in [0.2, 0.25) is 0 Å². The van der Waals surface area contributed by atoms with Crippen LogP contribution < -0.4 is 4.74 Å². The van der Waals surface area contributed by atoms with Crippen molar-refractivity contribution < 1.29 is 14.3 Å². The van der Waals surface area contributed by atoms with E-state index in [4.69, 9.17) is 9.47 Å². The van der Waals surface area contributed by atoms with Crippen LogP contribution in [0.15, 0.2) is 22.7 Å². The Bertz CT molecular complexity index is 458. The number of aryl methyl sites for hydroxylation is 1. The van der Waals surface area contributed by atoms with Gasteiger partial charge in [-0.05, 0) is 37.6 Å². The Kier molecular flexibility index (Phi) is 4.82. The van der Waals surface area contributed by atoms with Crippen LogP contribution in [0.25, 0.3) is 0 Å². The molecule has 0 saturated carbocycles. The maximum absolute atomic E-state index is 12.2. The lowest BCUT2D eigenvalue weighted by molar-refractivity contribution is -0.142. The van der Waals surface area contributed by atoms with Crippen molar-refractivity contribution >= 4 is 21.8 Å². The number of halogens is 1. The van der Waals surface area contributed by atoms with Crippen molar-refractivity contribution in [3.8, 4) is 5.75 Å². The van der Waals surface area contributed by atoms with Gasteiger partial charge < -0.3 is 14.4 Å². The second-order valence-corrected chi connectivity index (χ2v) is 5.52. The lowest BCUT2D eigenvalue weighted by Crippen LogP contribution is -2.46. The van der Waals surface area contributed by atoms with Crippen molar-refractivity contribution in [2.75, 3.05) is 26.3 Å². The number of amides is 1. The summed E-state index contributed by atoms with van der Waals surface area (Å²) in [6, 6.07) is 5.76. The summed E-state index contributed by atoms with van der Waals surface area (Å²) in [4.78, 5) is 14.0. The Morgan fingerprint density at radius 3 is 2.74 bits per heavy atom. The van der Waals surface area contributed by atoms with Crippen molar-refractivity contribution in [3.05, 3.63) is 28.2 Å². The minimum Gasteiger partial charge on any atom is -0.481 e. The molecule has 104 valence electrons. The maximum atomic E-state index is 12.2. The van der Waals surface area contributed by atoms with Crippen LogP contribution in [0.3, 0.4) is 0 Å². The topological polar surface area (TPSA) is 38.8 Å². The van der Waals surface area contributed by atoms with Gasteiger partial charge in [-0.1, -0.05) is 15.9 Å². The average molecular weight is 328 g/mol. The van der Waals surface area contributed by atoms with Gasteiger partial charge in [0.25, 0.3) is 5.91 Å². The van der Waals surface area contributed by atoms with Crippen LogP contribution in [0.1, 0.15) is 12.5 Å². The van der Waals surface area contributed by atoms with E-state index in [0.717, 1.165) is 15.8 Å². The Hall–Kier alpha value is -1.07. The number of carbonyl (C=O) groups excluding carboxylic acids is 1. The molecule has 0 bridgehead atoms. The SMILES string of the molecule is Cc1cc(Br)ccc1OC(C)C(=O)N1CCOCC1. The van der Waals surface area contributed by atoms with Crippen LogP contribution in [0, 0.1) is 6.92 Å². The molecule has 0 radical (unpaired) electrons. The summed E-state index contributed by atoms with van der Waals surface area (Å²) in [5.74, 6) is 0.767. The van der Waals surface area contributed by atoms with E-state index < -0.39 is 6.10 Å². The molecule has 1 amide bonds. The van der Waals surface area contributed by atoms with Gasteiger partial charge in [0.15, 0.2) is 6.10 Å². The van der Waals surface area contributed by atoms with Gasteiger partial charge in [-0.25, -0.2) is 0 Å². The molecule has 1 fully saturated rings. The van der Waals surface area contributed by atoms with E-state index in [1.54, 1.807) is 11.8 Å². The van der Waals surface area contributed by atoms with E-state index in [0.29, 0.717) is 26.3 Å². The molecule has 19 heavy (non-hydrogen) atoms.